The van der Waals surface area contributed by atoms with Gasteiger partial charge in [0.05, 0.1) is 24.0 Å². The zero-order chi connectivity index (χ0) is 37.0. The number of ether oxygens (including phenoxy) is 1. The van der Waals surface area contributed by atoms with E-state index in [-0.39, 0.29) is 17.6 Å². The quantitative estimate of drug-likeness (QED) is 0.296. The average molecular weight is 740 g/mol. The van der Waals surface area contributed by atoms with Crippen LogP contribution in [0.2, 0.25) is 0 Å². The van der Waals surface area contributed by atoms with Crippen molar-refractivity contribution in [2.45, 2.75) is 89.4 Å². The second kappa shape index (κ2) is 14.6. The van der Waals surface area contributed by atoms with Crippen LogP contribution in [0.3, 0.4) is 0 Å². The number of anilines is 3. The monoisotopic (exact) mass is 739 g/mol. The standard InChI is InChI=1S/C41H57N9O4/c1-4-53-40(52)38(27(2)3)36-20-37(45-54-36)49-25-41(26-49)21-30(22-41)47-15-9-28(10-16-47)46-13-11-29(12-14-46)48-17-18-50-31(24-48)23-42-39-34(50)19-33(43-44-39)32-7-5-6-8-35(32)51/h5-8,19-20,27-31,38,51H,4,9-18,21-26H2,1-3H3,(H,42,44)/t31-,38?/m0/s1. The molecule has 0 amide bonds. The Labute approximate surface area is 319 Å². The number of phenols is 1. The van der Waals surface area contributed by atoms with Crippen LogP contribution in [0.15, 0.2) is 40.9 Å². The number of aromatic nitrogens is 3. The van der Waals surface area contributed by atoms with E-state index < -0.39 is 5.92 Å². The van der Waals surface area contributed by atoms with Gasteiger partial charge in [-0.25, -0.2) is 0 Å². The van der Waals surface area contributed by atoms with E-state index in [0.717, 1.165) is 68.2 Å². The lowest BCUT2D eigenvalue weighted by atomic mass is 9.60. The predicted molar refractivity (Wildman–Crippen MR) is 208 cm³/mol. The number of aromatic hydroxyl groups is 1. The summed E-state index contributed by atoms with van der Waals surface area (Å²) in [6, 6.07) is 13.9. The topological polar surface area (TPSA) is 127 Å². The molecule has 1 spiro atoms. The Bertz CT molecular complexity index is 1790. The van der Waals surface area contributed by atoms with E-state index in [9.17, 15) is 9.90 Å². The van der Waals surface area contributed by atoms with Gasteiger partial charge in [0.15, 0.2) is 17.4 Å². The highest BCUT2D eigenvalue weighted by Gasteiger charge is 2.54. The molecule has 2 atom stereocenters. The molecule has 0 radical (unpaired) electrons. The Morgan fingerprint density at radius 2 is 1.63 bits per heavy atom. The first kappa shape index (κ1) is 35.7. The Hall–Kier alpha value is -3.94. The Kier molecular flexibility index (Phi) is 9.67. The lowest BCUT2D eigenvalue weighted by Gasteiger charge is -2.61. The molecule has 1 saturated carbocycles. The first-order valence-corrected chi connectivity index (χ1v) is 20.5. The van der Waals surface area contributed by atoms with Gasteiger partial charge in [0, 0.05) is 74.4 Å². The summed E-state index contributed by atoms with van der Waals surface area (Å²) in [6.45, 7) is 17.2. The number of phenolic OH excluding ortho intramolecular Hbond substituents is 1. The first-order chi connectivity index (χ1) is 26.3. The van der Waals surface area contributed by atoms with Crippen molar-refractivity contribution in [2.75, 3.05) is 87.2 Å². The number of likely N-dealkylation sites (tertiary alicyclic amines) is 2. The molecule has 2 N–H and O–H groups in total. The van der Waals surface area contributed by atoms with Gasteiger partial charge in [-0.05, 0) is 95.7 Å². The second-order valence-corrected chi connectivity index (χ2v) is 17.2. The predicted octanol–water partition coefficient (Wildman–Crippen LogP) is 4.65. The Morgan fingerprint density at radius 3 is 2.33 bits per heavy atom. The van der Waals surface area contributed by atoms with E-state index in [1.807, 2.05) is 45.0 Å². The number of nitrogens with zero attached hydrogens (tertiary/aromatic N) is 8. The normalized spacial score (nSPS) is 24.8. The minimum Gasteiger partial charge on any atom is -0.507 e. The fourth-order valence-electron chi connectivity index (χ4n) is 10.6. The molecule has 2 aromatic heterocycles. The number of nitrogens with one attached hydrogen (secondary N) is 1. The summed E-state index contributed by atoms with van der Waals surface area (Å²) in [6.07, 6.45) is 7.66. The number of esters is 1. The molecule has 5 aliphatic heterocycles. The summed E-state index contributed by atoms with van der Waals surface area (Å²) in [7, 11) is 0. The zero-order valence-electron chi connectivity index (χ0n) is 32.2. The van der Waals surface area contributed by atoms with Crippen LogP contribution in [0.4, 0.5) is 17.3 Å². The van der Waals surface area contributed by atoms with Crippen molar-refractivity contribution in [2.24, 2.45) is 11.3 Å². The van der Waals surface area contributed by atoms with Crippen LogP contribution in [0, 0.1) is 11.3 Å². The minimum atomic E-state index is -0.414. The van der Waals surface area contributed by atoms with Gasteiger partial charge in [-0.15, -0.1) is 10.2 Å². The highest BCUT2D eigenvalue weighted by atomic mass is 16.5. The molecule has 6 aliphatic rings. The molecule has 290 valence electrons. The third-order valence-electron chi connectivity index (χ3n) is 13.6. The third kappa shape index (κ3) is 6.70. The van der Waals surface area contributed by atoms with E-state index in [2.05, 4.69) is 51.2 Å². The highest BCUT2D eigenvalue weighted by Crippen LogP contribution is 2.52. The summed E-state index contributed by atoms with van der Waals surface area (Å²) in [5.74, 6) is 1.98. The Balaban J connectivity index is 0.707. The number of para-hydroxylation sites is 1. The number of fused-ring (bicyclic) bond motifs is 3. The van der Waals surface area contributed by atoms with Crippen molar-refractivity contribution in [3.8, 4) is 17.0 Å². The number of rotatable bonds is 9. The zero-order valence-corrected chi connectivity index (χ0v) is 32.2. The first-order valence-electron chi connectivity index (χ1n) is 20.5. The van der Waals surface area contributed by atoms with Crippen LogP contribution in [-0.2, 0) is 9.53 Å². The fourth-order valence-corrected chi connectivity index (χ4v) is 10.6. The van der Waals surface area contributed by atoms with Crippen molar-refractivity contribution in [1.29, 1.82) is 0 Å². The largest absolute Gasteiger partial charge is 0.507 e. The van der Waals surface area contributed by atoms with Gasteiger partial charge >= 0.3 is 5.97 Å². The highest BCUT2D eigenvalue weighted by molar-refractivity contribution is 5.78. The number of piperazine rings is 1. The van der Waals surface area contributed by atoms with Gasteiger partial charge in [0.2, 0.25) is 0 Å². The van der Waals surface area contributed by atoms with E-state index in [0.29, 0.717) is 41.6 Å². The van der Waals surface area contributed by atoms with Crippen molar-refractivity contribution in [3.63, 3.8) is 0 Å². The maximum absolute atomic E-state index is 12.5. The van der Waals surface area contributed by atoms with E-state index in [1.165, 1.54) is 64.7 Å². The molecule has 13 heteroatoms. The van der Waals surface area contributed by atoms with Gasteiger partial charge in [0.1, 0.15) is 11.7 Å². The van der Waals surface area contributed by atoms with E-state index >= 15 is 0 Å². The van der Waals surface area contributed by atoms with E-state index in [4.69, 9.17) is 9.26 Å². The lowest BCUT2D eigenvalue weighted by Crippen LogP contribution is -2.67. The number of carbonyl (C=O) groups is 1. The van der Waals surface area contributed by atoms with Gasteiger partial charge in [-0.2, -0.15) is 0 Å². The van der Waals surface area contributed by atoms with Crippen LogP contribution < -0.4 is 15.1 Å². The molecule has 4 saturated heterocycles. The van der Waals surface area contributed by atoms with Crippen LogP contribution >= 0.6 is 0 Å². The molecule has 5 fully saturated rings. The summed E-state index contributed by atoms with van der Waals surface area (Å²) in [5.41, 5.74) is 2.94. The molecule has 1 unspecified atom stereocenters. The molecule has 7 heterocycles. The molecule has 13 nitrogen and oxygen atoms in total. The summed E-state index contributed by atoms with van der Waals surface area (Å²) in [5, 5.41) is 27.2. The summed E-state index contributed by atoms with van der Waals surface area (Å²) < 4.78 is 11.0. The molecule has 54 heavy (non-hydrogen) atoms. The van der Waals surface area contributed by atoms with Gasteiger partial charge < -0.3 is 39.3 Å². The van der Waals surface area contributed by atoms with Gasteiger partial charge in [-0.1, -0.05) is 31.1 Å². The number of hydrogen-bond acceptors (Lipinski definition) is 13. The van der Waals surface area contributed by atoms with Crippen molar-refractivity contribution in [1.82, 2.24) is 30.1 Å². The molecular formula is C41H57N9O4. The molecule has 9 rings (SSSR count). The average Bonchev–Trinajstić information content (AvgIpc) is 3.62. The second-order valence-electron chi connectivity index (χ2n) is 17.2. The van der Waals surface area contributed by atoms with Gasteiger partial charge in [-0.3, -0.25) is 9.69 Å². The van der Waals surface area contributed by atoms with Crippen molar-refractivity contribution in [3.05, 3.63) is 42.2 Å². The number of benzene rings is 1. The van der Waals surface area contributed by atoms with E-state index in [1.54, 1.807) is 6.07 Å². The molecule has 1 aliphatic carbocycles. The minimum absolute atomic E-state index is 0.0854. The lowest BCUT2D eigenvalue weighted by molar-refractivity contribution is -0.146. The maximum atomic E-state index is 12.5. The van der Waals surface area contributed by atoms with Crippen LogP contribution in [0.25, 0.3) is 11.3 Å². The molecule has 1 aromatic carbocycles. The number of carbonyl (C=O) groups excluding carboxylic acids is 1. The van der Waals surface area contributed by atoms with Crippen LogP contribution in [0.5, 0.6) is 5.75 Å². The maximum Gasteiger partial charge on any atom is 0.317 e. The SMILES string of the molecule is CCOC(=O)C(c1cc(N2CC3(CC(N4CCC(N5CCC(N6CCN7c8cc(-c9ccccc9O)nnc8NC[C@H]7C6)CC5)CC4)C3)C2)no1)C(C)C. The van der Waals surface area contributed by atoms with Crippen molar-refractivity contribution >= 4 is 23.3 Å². The molecule has 0 bridgehead atoms. The molecular weight excluding hydrogens is 683 g/mol. The number of piperidine rings is 2. The number of hydrogen-bond donors (Lipinski definition) is 2. The molecule has 3 aromatic rings. The van der Waals surface area contributed by atoms with Crippen molar-refractivity contribution < 1.29 is 19.2 Å². The van der Waals surface area contributed by atoms with Gasteiger partial charge in [0.25, 0.3) is 0 Å². The third-order valence-corrected chi connectivity index (χ3v) is 13.6. The Morgan fingerprint density at radius 1 is 0.926 bits per heavy atom. The van der Waals surface area contributed by atoms with Crippen LogP contribution in [-0.4, -0.2) is 137 Å². The summed E-state index contributed by atoms with van der Waals surface area (Å²) in [4.78, 5) is 25.7. The van der Waals surface area contributed by atoms with Crippen LogP contribution in [0.1, 0.15) is 71.0 Å². The fraction of sp³-hybridized carbons (Fsp3) is 0.659. The summed E-state index contributed by atoms with van der Waals surface area (Å²) >= 11 is 0. The smallest absolute Gasteiger partial charge is 0.317 e.